The molecule has 2 aliphatic rings. The molecule has 0 aliphatic carbocycles. The van der Waals surface area contributed by atoms with Gasteiger partial charge in [-0.05, 0) is 51.9 Å². The molecule has 4 rings (SSSR count). The van der Waals surface area contributed by atoms with Gasteiger partial charge in [-0.25, -0.2) is 23.3 Å². The minimum atomic E-state index is -1.29. The fraction of sp³-hybridized carbons (Fsp3) is 0.583. The van der Waals surface area contributed by atoms with Crippen LogP contribution in [0.3, 0.4) is 0 Å². The van der Waals surface area contributed by atoms with E-state index >= 15 is 0 Å². The van der Waals surface area contributed by atoms with E-state index < -0.39 is 16.5 Å². The first kappa shape index (κ1) is 31.5. The molecule has 2 aliphatic heterocycles. The van der Waals surface area contributed by atoms with E-state index in [1.54, 1.807) is 10.4 Å². The molecule has 2 aromatic carbocycles. The SMILES string of the molecule is Cc1cc[c-]([Si](C)(C)N2CCCC2)c1.Cc1cc[c-]([Si](C)(C)N2CCCC2)c1.[Cl-].[Cl-].[Zr+4]. The molecule has 0 bridgehead atoms. The van der Waals surface area contributed by atoms with Gasteiger partial charge in [-0.15, -0.1) is 10.4 Å². The molecule has 172 valence electrons. The Morgan fingerprint density at radius 3 is 1.16 bits per heavy atom. The number of hydrogen-bond acceptors (Lipinski definition) is 2. The Kier molecular flexibility index (Phi) is 13.6. The summed E-state index contributed by atoms with van der Waals surface area (Å²) in [5, 5.41) is 3.22. The van der Waals surface area contributed by atoms with Crippen LogP contribution in [0.4, 0.5) is 0 Å². The van der Waals surface area contributed by atoms with Gasteiger partial charge in [-0.3, -0.25) is 0 Å². The summed E-state index contributed by atoms with van der Waals surface area (Å²) >= 11 is 0. The van der Waals surface area contributed by atoms with Crippen LogP contribution in [-0.4, -0.2) is 51.8 Å². The Bertz CT molecular complexity index is 697. The topological polar surface area (TPSA) is 6.48 Å². The second-order valence-corrected chi connectivity index (χ2v) is 18.5. The van der Waals surface area contributed by atoms with Gasteiger partial charge in [0.1, 0.15) is 0 Å². The molecule has 7 heteroatoms. The first-order valence-electron chi connectivity index (χ1n) is 11.2. The van der Waals surface area contributed by atoms with Gasteiger partial charge in [0.2, 0.25) is 0 Å². The molecular weight excluding hydrogens is 535 g/mol. The van der Waals surface area contributed by atoms with Crippen LogP contribution in [0.5, 0.6) is 0 Å². The molecule has 31 heavy (non-hydrogen) atoms. The maximum atomic E-state index is 2.74. The Hall–Kier alpha value is 0.517. The van der Waals surface area contributed by atoms with Gasteiger partial charge in [-0.2, -0.15) is 24.3 Å². The predicted octanol–water partition coefficient (Wildman–Crippen LogP) is -1.55. The average Bonchev–Trinajstić information content (AvgIpc) is 3.42. The molecule has 0 saturated carbocycles. The van der Waals surface area contributed by atoms with Crippen molar-refractivity contribution in [2.24, 2.45) is 0 Å². The van der Waals surface area contributed by atoms with Gasteiger partial charge >= 0.3 is 26.2 Å². The van der Waals surface area contributed by atoms with Crippen LogP contribution in [0.2, 0.25) is 26.2 Å². The molecule has 2 saturated heterocycles. The molecule has 2 nitrogen and oxygen atoms in total. The van der Waals surface area contributed by atoms with E-state index in [1.165, 1.54) is 63.0 Å². The van der Waals surface area contributed by atoms with Crippen molar-refractivity contribution in [3.05, 3.63) is 47.5 Å². The van der Waals surface area contributed by atoms with Gasteiger partial charge in [0, 0.05) is 0 Å². The fourth-order valence-electron chi connectivity index (χ4n) is 4.80. The number of halogens is 2. The summed E-state index contributed by atoms with van der Waals surface area (Å²) in [5.41, 5.74) is 2.83. The smallest absolute Gasteiger partial charge is 1.00 e. The molecule has 0 atom stereocenters. The third kappa shape index (κ3) is 7.77. The quantitative estimate of drug-likeness (QED) is 0.323. The molecule has 0 aromatic heterocycles. The van der Waals surface area contributed by atoms with Gasteiger partial charge in [-0.1, -0.05) is 40.0 Å². The van der Waals surface area contributed by atoms with E-state index in [1.807, 2.05) is 0 Å². The molecule has 0 spiro atoms. The van der Waals surface area contributed by atoms with Gasteiger partial charge in [0.15, 0.2) is 0 Å². The van der Waals surface area contributed by atoms with Gasteiger partial charge in [0.05, 0.1) is 16.5 Å². The minimum absolute atomic E-state index is 0. The van der Waals surface area contributed by atoms with Crippen molar-refractivity contribution in [1.29, 1.82) is 0 Å². The molecule has 2 aromatic rings. The average molecular weight is 575 g/mol. The molecule has 0 N–H and O–H groups in total. The monoisotopic (exact) mass is 572 g/mol. The van der Waals surface area contributed by atoms with Crippen molar-refractivity contribution in [2.45, 2.75) is 65.7 Å². The standard InChI is InChI=1S/2C12H20NSi.2ClH.Zr/c2*1-11-6-7-12(10-11)14(2,3)13-8-4-5-9-13;;;/h2*6-7,10H,4-5,8-9H2,1-3H3;2*1H;/q2*-1;;;+4/p-2. The second-order valence-electron chi connectivity index (χ2n) is 9.86. The van der Waals surface area contributed by atoms with Crippen molar-refractivity contribution < 1.29 is 51.0 Å². The van der Waals surface area contributed by atoms with E-state index in [2.05, 4.69) is 85.6 Å². The van der Waals surface area contributed by atoms with Crippen LogP contribution < -0.4 is 35.2 Å². The van der Waals surface area contributed by atoms with Crippen LogP contribution in [0.1, 0.15) is 36.8 Å². The molecule has 2 heterocycles. The zero-order chi connectivity index (χ0) is 20.4. The van der Waals surface area contributed by atoms with E-state index in [9.17, 15) is 0 Å². The van der Waals surface area contributed by atoms with Gasteiger partial charge in [0.25, 0.3) is 0 Å². The van der Waals surface area contributed by atoms with Crippen LogP contribution >= 0.6 is 0 Å². The first-order valence-corrected chi connectivity index (χ1v) is 17.1. The molecular formula is C24H40Cl2N2Si2Zr. The van der Waals surface area contributed by atoms with Crippen LogP contribution in [-0.2, 0) is 26.2 Å². The number of hydrogen-bond donors (Lipinski definition) is 0. The first-order chi connectivity index (χ1) is 13.2. The zero-order valence-corrected chi connectivity index (χ0v) is 26.2. The third-order valence-electron chi connectivity index (χ3n) is 7.02. The van der Waals surface area contributed by atoms with Crippen molar-refractivity contribution in [2.75, 3.05) is 26.2 Å². The van der Waals surface area contributed by atoms with Crippen molar-refractivity contribution in [1.82, 2.24) is 9.13 Å². The van der Waals surface area contributed by atoms with Crippen molar-refractivity contribution in [3.8, 4) is 0 Å². The minimum Gasteiger partial charge on any atom is -1.00 e. The summed E-state index contributed by atoms with van der Waals surface area (Å²) in [4.78, 5) is 0. The van der Waals surface area contributed by atoms with Crippen LogP contribution in [0.25, 0.3) is 0 Å². The van der Waals surface area contributed by atoms with Crippen molar-refractivity contribution >= 4 is 26.8 Å². The fourth-order valence-corrected chi connectivity index (χ4v) is 10.5. The van der Waals surface area contributed by atoms with E-state index in [0.29, 0.717) is 0 Å². The Morgan fingerprint density at radius 2 is 0.935 bits per heavy atom. The van der Waals surface area contributed by atoms with Crippen LogP contribution in [0.15, 0.2) is 36.4 Å². The largest absolute Gasteiger partial charge is 4.00 e. The molecule has 0 amide bonds. The van der Waals surface area contributed by atoms with E-state index in [-0.39, 0.29) is 51.0 Å². The second kappa shape index (κ2) is 13.4. The van der Waals surface area contributed by atoms with E-state index in [4.69, 9.17) is 0 Å². The van der Waals surface area contributed by atoms with Gasteiger partial charge < -0.3 is 33.9 Å². The summed E-state index contributed by atoms with van der Waals surface area (Å²) in [5.74, 6) is 0. The Labute approximate surface area is 225 Å². The Morgan fingerprint density at radius 1 is 0.645 bits per heavy atom. The summed E-state index contributed by atoms with van der Waals surface area (Å²) < 4.78 is 5.48. The Balaban J connectivity index is 0.000000529. The van der Waals surface area contributed by atoms with Crippen LogP contribution in [0, 0.1) is 13.8 Å². The number of rotatable bonds is 4. The predicted molar refractivity (Wildman–Crippen MR) is 129 cm³/mol. The zero-order valence-electron chi connectivity index (χ0n) is 20.3. The normalized spacial score (nSPS) is 17.2. The summed E-state index contributed by atoms with van der Waals surface area (Å²) in [6.07, 6.45) is 5.60. The van der Waals surface area contributed by atoms with Crippen molar-refractivity contribution in [3.63, 3.8) is 0 Å². The third-order valence-corrected chi connectivity index (χ3v) is 14.5. The number of aryl methyl sites for hydroxylation is 2. The summed E-state index contributed by atoms with van der Waals surface area (Å²) in [6, 6.07) is 13.9. The summed E-state index contributed by atoms with van der Waals surface area (Å²) in [6.45, 7) is 19.6. The summed E-state index contributed by atoms with van der Waals surface area (Å²) in [7, 11) is -2.58. The molecule has 0 radical (unpaired) electrons. The molecule has 2 fully saturated rings. The number of nitrogens with zero attached hydrogens (tertiary/aromatic N) is 2. The maximum Gasteiger partial charge on any atom is 4.00 e. The maximum absolute atomic E-state index is 2.74. The molecule has 0 unspecified atom stereocenters. The van der Waals surface area contributed by atoms with E-state index in [0.717, 1.165) is 0 Å².